The minimum atomic E-state index is -3.60. The molecule has 3 heterocycles. The molecule has 0 bridgehead atoms. The van der Waals surface area contributed by atoms with Crippen LogP contribution in [0.1, 0.15) is 0 Å². The average molecular weight is 360 g/mol. The van der Waals surface area contributed by atoms with E-state index < -0.39 is 10.0 Å². The molecule has 7 nitrogen and oxygen atoms in total. The number of thiophene rings is 1. The van der Waals surface area contributed by atoms with Crippen LogP contribution in [-0.4, -0.2) is 30.6 Å². The fourth-order valence-electron chi connectivity index (χ4n) is 2.48. The number of para-hydroxylation sites is 1. The summed E-state index contributed by atoms with van der Waals surface area (Å²) in [6.07, 6.45) is 1.31. The van der Waals surface area contributed by atoms with Crippen LogP contribution in [-0.2, 0) is 10.0 Å². The van der Waals surface area contributed by atoms with Crippen molar-refractivity contribution in [3.05, 3.63) is 48.1 Å². The van der Waals surface area contributed by atoms with Crippen LogP contribution in [0, 0.1) is 0 Å². The average Bonchev–Trinajstić information content (AvgIpc) is 3.33. The lowest BCUT2D eigenvalue weighted by atomic mass is 10.2. The minimum Gasteiger partial charge on any atom is -0.349 e. The summed E-state index contributed by atoms with van der Waals surface area (Å²) in [5, 5.41) is 6.18. The Morgan fingerprint density at radius 3 is 2.83 bits per heavy atom. The molecular formula is C15H12N4O3S2. The Morgan fingerprint density at radius 1 is 1.25 bits per heavy atom. The molecule has 0 aliphatic heterocycles. The van der Waals surface area contributed by atoms with Crippen LogP contribution in [0.15, 0.2) is 56.8 Å². The second-order valence-electron chi connectivity index (χ2n) is 5.08. The predicted octanol–water partition coefficient (Wildman–Crippen LogP) is 3.10. The lowest BCUT2D eigenvalue weighted by Gasteiger charge is -2.19. The quantitative estimate of drug-likeness (QED) is 0.604. The van der Waals surface area contributed by atoms with Gasteiger partial charge in [-0.25, -0.2) is 8.42 Å². The lowest BCUT2D eigenvalue weighted by molar-refractivity contribution is 0.429. The van der Waals surface area contributed by atoms with Gasteiger partial charge >= 0.3 is 0 Å². The number of sulfonamides is 1. The van der Waals surface area contributed by atoms with E-state index >= 15 is 0 Å². The number of anilines is 1. The number of fused-ring (bicyclic) bond motifs is 1. The van der Waals surface area contributed by atoms with Gasteiger partial charge in [0.2, 0.25) is 0 Å². The van der Waals surface area contributed by atoms with Crippen LogP contribution < -0.4 is 4.31 Å². The van der Waals surface area contributed by atoms with Crippen LogP contribution in [0.3, 0.4) is 0 Å². The number of hydrogen-bond donors (Lipinski definition) is 1. The van der Waals surface area contributed by atoms with Crippen molar-refractivity contribution in [2.45, 2.75) is 4.21 Å². The molecule has 4 rings (SSSR count). The van der Waals surface area contributed by atoms with E-state index in [0.29, 0.717) is 27.0 Å². The highest BCUT2D eigenvalue weighted by Crippen LogP contribution is 2.33. The highest BCUT2D eigenvalue weighted by atomic mass is 32.2. The number of nitrogens with zero attached hydrogens (tertiary/aromatic N) is 3. The van der Waals surface area contributed by atoms with E-state index in [0.717, 1.165) is 5.39 Å². The number of benzene rings is 1. The molecule has 0 unspecified atom stereocenters. The van der Waals surface area contributed by atoms with Gasteiger partial charge in [0, 0.05) is 12.4 Å². The van der Waals surface area contributed by atoms with Gasteiger partial charge in [0.15, 0.2) is 6.33 Å². The fourth-order valence-corrected chi connectivity index (χ4v) is 4.85. The topological polar surface area (TPSA) is 92.1 Å². The van der Waals surface area contributed by atoms with E-state index in [1.807, 2.05) is 18.2 Å². The summed E-state index contributed by atoms with van der Waals surface area (Å²) in [5.41, 5.74) is 1.87. The van der Waals surface area contributed by atoms with Crippen LogP contribution in [0.2, 0.25) is 0 Å². The number of hydrogen-bond acceptors (Lipinski definition) is 6. The fraction of sp³-hybridized carbons (Fsp3) is 0.0667. The molecule has 0 aliphatic carbocycles. The first-order chi connectivity index (χ1) is 11.6. The zero-order valence-corrected chi connectivity index (χ0v) is 14.1. The summed E-state index contributed by atoms with van der Waals surface area (Å²) < 4.78 is 32.1. The second kappa shape index (κ2) is 5.46. The summed E-state index contributed by atoms with van der Waals surface area (Å²) in [7, 11) is -2.07. The van der Waals surface area contributed by atoms with E-state index in [1.54, 1.807) is 23.6 Å². The molecule has 9 heteroatoms. The molecule has 0 aliphatic rings. The molecule has 0 fully saturated rings. The van der Waals surface area contributed by atoms with Gasteiger partial charge in [-0.05, 0) is 23.6 Å². The summed E-state index contributed by atoms with van der Waals surface area (Å²) in [6.45, 7) is 0. The second-order valence-corrected chi connectivity index (χ2v) is 8.22. The third-order valence-corrected chi connectivity index (χ3v) is 6.82. The zero-order chi connectivity index (χ0) is 16.7. The van der Waals surface area contributed by atoms with Gasteiger partial charge in [-0.15, -0.1) is 11.3 Å². The van der Waals surface area contributed by atoms with E-state index in [1.165, 1.54) is 29.0 Å². The van der Waals surface area contributed by atoms with Gasteiger partial charge < -0.3 is 9.51 Å². The maximum Gasteiger partial charge on any atom is 0.274 e. The highest BCUT2D eigenvalue weighted by Gasteiger charge is 2.24. The van der Waals surface area contributed by atoms with Crippen molar-refractivity contribution in [1.82, 2.24) is 15.1 Å². The molecule has 1 N–H and O–H groups in total. The number of aromatic nitrogens is 3. The number of H-pyrrole nitrogens is 1. The summed E-state index contributed by atoms with van der Waals surface area (Å²) in [5.74, 6) is 0.348. The van der Waals surface area contributed by atoms with Gasteiger partial charge in [0.25, 0.3) is 15.9 Å². The molecule has 0 saturated carbocycles. The van der Waals surface area contributed by atoms with Crippen LogP contribution >= 0.6 is 11.3 Å². The van der Waals surface area contributed by atoms with Gasteiger partial charge in [-0.1, -0.05) is 23.4 Å². The Kier molecular flexibility index (Phi) is 3.39. The van der Waals surface area contributed by atoms with Crippen LogP contribution in [0.5, 0.6) is 0 Å². The van der Waals surface area contributed by atoms with E-state index in [4.69, 9.17) is 4.52 Å². The van der Waals surface area contributed by atoms with Gasteiger partial charge in [0.05, 0.1) is 11.2 Å². The molecule has 1 aromatic carbocycles. The highest BCUT2D eigenvalue weighted by molar-refractivity contribution is 7.94. The first kappa shape index (κ1) is 14.9. The maximum absolute atomic E-state index is 12.8. The Labute approximate surface area is 141 Å². The minimum absolute atomic E-state index is 0.297. The predicted molar refractivity (Wildman–Crippen MR) is 91.5 cm³/mol. The first-order valence-electron chi connectivity index (χ1n) is 6.98. The molecular weight excluding hydrogens is 348 g/mol. The van der Waals surface area contributed by atoms with Gasteiger partial charge in [-0.2, -0.15) is 4.98 Å². The van der Waals surface area contributed by atoms with Gasteiger partial charge in [0.1, 0.15) is 9.90 Å². The van der Waals surface area contributed by atoms with Crippen molar-refractivity contribution in [2.75, 3.05) is 11.4 Å². The lowest BCUT2D eigenvalue weighted by Crippen LogP contribution is -2.26. The molecule has 0 saturated heterocycles. The van der Waals surface area contributed by atoms with Crippen molar-refractivity contribution in [1.29, 1.82) is 0 Å². The monoisotopic (exact) mass is 360 g/mol. The first-order valence-corrected chi connectivity index (χ1v) is 9.30. The normalized spacial score (nSPS) is 11.9. The Morgan fingerprint density at radius 2 is 2.12 bits per heavy atom. The molecule has 0 atom stereocenters. The zero-order valence-electron chi connectivity index (χ0n) is 12.5. The van der Waals surface area contributed by atoms with Crippen molar-refractivity contribution in [2.24, 2.45) is 0 Å². The standard InChI is InChI=1S/C15H12N4O3S2/c1-19(24(20,21)13-6-3-7-23-13)12-5-2-4-10-8-11(18-14(10)12)15-16-9-17-22-15/h2-9,18H,1H3. The largest absolute Gasteiger partial charge is 0.349 e. The maximum atomic E-state index is 12.8. The van der Waals surface area contributed by atoms with E-state index in [-0.39, 0.29) is 0 Å². The van der Waals surface area contributed by atoms with E-state index in [2.05, 4.69) is 15.1 Å². The number of rotatable bonds is 4. The molecule has 3 aromatic heterocycles. The summed E-state index contributed by atoms with van der Waals surface area (Å²) >= 11 is 1.19. The molecule has 0 amide bonds. The van der Waals surface area contributed by atoms with Crippen molar-refractivity contribution in [3.63, 3.8) is 0 Å². The smallest absolute Gasteiger partial charge is 0.274 e. The summed E-state index contributed by atoms with van der Waals surface area (Å²) in [6, 6.07) is 10.6. The molecule has 0 radical (unpaired) electrons. The Hall–Kier alpha value is -2.65. The van der Waals surface area contributed by atoms with Crippen LogP contribution in [0.4, 0.5) is 5.69 Å². The van der Waals surface area contributed by atoms with Crippen LogP contribution in [0.25, 0.3) is 22.5 Å². The Bertz CT molecular complexity index is 1080. The third kappa shape index (κ3) is 2.29. The SMILES string of the molecule is CN(c1cccc2cc(-c3ncno3)[nH]c12)S(=O)(=O)c1cccs1. The van der Waals surface area contributed by atoms with Crippen molar-refractivity contribution >= 4 is 38.0 Å². The van der Waals surface area contributed by atoms with E-state index in [9.17, 15) is 8.42 Å². The molecule has 0 spiro atoms. The summed E-state index contributed by atoms with van der Waals surface area (Å²) in [4.78, 5) is 7.17. The molecule has 24 heavy (non-hydrogen) atoms. The number of aromatic amines is 1. The molecule has 4 aromatic rings. The third-order valence-electron chi connectivity index (χ3n) is 3.68. The molecule has 122 valence electrons. The number of nitrogens with one attached hydrogen (secondary N) is 1. The Balaban J connectivity index is 1.85. The van der Waals surface area contributed by atoms with Gasteiger partial charge in [-0.3, -0.25) is 4.31 Å². The van der Waals surface area contributed by atoms with Crippen molar-refractivity contribution < 1.29 is 12.9 Å². The van der Waals surface area contributed by atoms with Crippen molar-refractivity contribution in [3.8, 4) is 11.6 Å².